The van der Waals surface area contributed by atoms with Crippen molar-refractivity contribution in [2.45, 2.75) is 6.92 Å². The summed E-state index contributed by atoms with van der Waals surface area (Å²) in [5, 5.41) is 5.30. The van der Waals surface area contributed by atoms with Gasteiger partial charge in [0.2, 0.25) is 5.76 Å². The number of carbonyl (C=O) groups excluding carboxylic acids is 2. The molecule has 0 bridgehead atoms. The summed E-state index contributed by atoms with van der Waals surface area (Å²) in [5.74, 6) is -0.637. The summed E-state index contributed by atoms with van der Waals surface area (Å²) < 4.78 is 5.02. The number of hydrogen-bond donors (Lipinski definition) is 3. The molecule has 2 rings (SSSR count). The number of rotatable bonds is 5. The minimum Gasteiger partial charge on any atom is -0.438 e. The van der Waals surface area contributed by atoms with E-state index in [4.69, 9.17) is 10.2 Å². The van der Waals surface area contributed by atoms with Crippen molar-refractivity contribution in [2.24, 2.45) is 5.73 Å². The van der Waals surface area contributed by atoms with Gasteiger partial charge in [-0.1, -0.05) is 12.1 Å². The standard InChI is InChI=1S/C14H16N4O3/c1-9-12(21-8-17-9)14(20)18-11-5-3-2-4-10(11)13(19)16-7-6-15/h2-5,8H,6-7,15H2,1H3,(H,16,19)(H,18,20). The molecule has 0 aliphatic rings. The third-order valence-electron chi connectivity index (χ3n) is 2.80. The molecule has 2 aromatic rings. The van der Waals surface area contributed by atoms with Crippen molar-refractivity contribution in [3.05, 3.63) is 47.7 Å². The highest BCUT2D eigenvalue weighted by atomic mass is 16.3. The first-order valence-electron chi connectivity index (χ1n) is 6.42. The summed E-state index contributed by atoms with van der Waals surface area (Å²) in [6.07, 6.45) is 1.20. The van der Waals surface area contributed by atoms with Crippen molar-refractivity contribution < 1.29 is 14.0 Å². The predicted octanol–water partition coefficient (Wildman–Crippen LogP) is 0.924. The van der Waals surface area contributed by atoms with E-state index in [0.717, 1.165) is 0 Å². The smallest absolute Gasteiger partial charge is 0.293 e. The first-order chi connectivity index (χ1) is 10.1. The Morgan fingerprint density at radius 2 is 2.05 bits per heavy atom. The molecule has 0 atom stereocenters. The highest BCUT2D eigenvalue weighted by Crippen LogP contribution is 2.17. The average molecular weight is 288 g/mol. The topological polar surface area (TPSA) is 110 Å². The molecule has 1 aromatic carbocycles. The molecule has 2 amide bonds. The summed E-state index contributed by atoms with van der Waals surface area (Å²) in [5.41, 5.74) is 6.59. The zero-order valence-corrected chi connectivity index (χ0v) is 11.6. The van der Waals surface area contributed by atoms with Gasteiger partial charge in [0.25, 0.3) is 11.8 Å². The van der Waals surface area contributed by atoms with Gasteiger partial charge in [-0.25, -0.2) is 4.98 Å². The summed E-state index contributed by atoms with van der Waals surface area (Å²) in [6, 6.07) is 6.70. The van der Waals surface area contributed by atoms with E-state index in [1.165, 1.54) is 6.39 Å². The Morgan fingerprint density at radius 1 is 1.29 bits per heavy atom. The van der Waals surface area contributed by atoms with E-state index >= 15 is 0 Å². The maximum atomic E-state index is 12.1. The number of aromatic nitrogens is 1. The van der Waals surface area contributed by atoms with Crippen LogP contribution in [0.5, 0.6) is 0 Å². The Balaban J connectivity index is 2.19. The van der Waals surface area contributed by atoms with Crippen LogP contribution in [0.25, 0.3) is 0 Å². The van der Waals surface area contributed by atoms with Crippen LogP contribution in [0.1, 0.15) is 26.6 Å². The Bertz CT molecular complexity index is 651. The van der Waals surface area contributed by atoms with E-state index in [9.17, 15) is 9.59 Å². The molecule has 0 fully saturated rings. The number of nitrogens with one attached hydrogen (secondary N) is 2. The zero-order chi connectivity index (χ0) is 15.2. The highest BCUT2D eigenvalue weighted by Gasteiger charge is 2.17. The second kappa shape index (κ2) is 6.67. The molecule has 0 spiro atoms. The monoisotopic (exact) mass is 288 g/mol. The fourth-order valence-corrected chi connectivity index (χ4v) is 1.77. The quantitative estimate of drug-likeness (QED) is 0.758. The number of anilines is 1. The Labute approximate surface area is 121 Å². The third kappa shape index (κ3) is 3.46. The molecule has 1 heterocycles. The predicted molar refractivity (Wildman–Crippen MR) is 77.0 cm³/mol. The highest BCUT2D eigenvalue weighted by molar-refractivity contribution is 6.08. The van der Waals surface area contributed by atoms with Crippen molar-refractivity contribution >= 4 is 17.5 Å². The molecule has 110 valence electrons. The molecule has 0 aliphatic carbocycles. The molecule has 0 radical (unpaired) electrons. The van der Waals surface area contributed by atoms with Crippen molar-refractivity contribution in [1.82, 2.24) is 10.3 Å². The van der Waals surface area contributed by atoms with Crippen LogP contribution in [-0.4, -0.2) is 29.9 Å². The summed E-state index contributed by atoms with van der Waals surface area (Å²) in [4.78, 5) is 28.0. The van der Waals surface area contributed by atoms with Gasteiger partial charge in [-0.2, -0.15) is 0 Å². The molecule has 1 aromatic heterocycles. The lowest BCUT2D eigenvalue weighted by Crippen LogP contribution is -2.30. The lowest BCUT2D eigenvalue weighted by molar-refractivity contribution is 0.0955. The van der Waals surface area contributed by atoms with E-state index in [-0.39, 0.29) is 11.7 Å². The number of para-hydroxylation sites is 1. The Kier molecular flexibility index (Phi) is 4.68. The Morgan fingerprint density at radius 3 is 2.71 bits per heavy atom. The van der Waals surface area contributed by atoms with E-state index in [0.29, 0.717) is 30.0 Å². The molecule has 0 unspecified atom stereocenters. The number of amides is 2. The van der Waals surface area contributed by atoms with E-state index in [2.05, 4.69) is 15.6 Å². The molecule has 0 saturated heterocycles. The molecule has 4 N–H and O–H groups in total. The van der Waals surface area contributed by atoms with Crippen LogP contribution < -0.4 is 16.4 Å². The number of hydrogen-bond acceptors (Lipinski definition) is 5. The molecule has 21 heavy (non-hydrogen) atoms. The SMILES string of the molecule is Cc1ncoc1C(=O)Nc1ccccc1C(=O)NCCN. The van der Waals surface area contributed by atoms with Gasteiger partial charge in [0.05, 0.1) is 16.9 Å². The number of nitrogens with zero attached hydrogens (tertiary/aromatic N) is 1. The fraction of sp³-hybridized carbons (Fsp3) is 0.214. The zero-order valence-electron chi connectivity index (χ0n) is 11.6. The van der Waals surface area contributed by atoms with Gasteiger partial charge in [-0.05, 0) is 19.1 Å². The maximum Gasteiger partial charge on any atom is 0.293 e. The van der Waals surface area contributed by atoms with E-state index in [1.807, 2.05) is 0 Å². The molecular weight excluding hydrogens is 272 g/mol. The summed E-state index contributed by atoms with van der Waals surface area (Å²) >= 11 is 0. The number of oxazole rings is 1. The van der Waals surface area contributed by atoms with Crippen molar-refractivity contribution in [3.8, 4) is 0 Å². The molecule has 7 heteroatoms. The van der Waals surface area contributed by atoms with Crippen LogP contribution in [0.2, 0.25) is 0 Å². The number of carbonyl (C=O) groups is 2. The number of nitrogens with two attached hydrogens (primary N) is 1. The molecule has 0 saturated carbocycles. The van der Waals surface area contributed by atoms with Crippen LogP contribution in [-0.2, 0) is 0 Å². The van der Waals surface area contributed by atoms with Gasteiger partial charge in [0, 0.05) is 13.1 Å². The van der Waals surface area contributed by atoms with Crippen LogP contribution in [0.15, 0.2) is 35.1 Å². The number of benzene rings is 1. The second-order valence-electron chi connectivity index (χ2n) is 4.31. The minimum atomic E-state index is -0.455. The van der Waals surface area contributed by atoms with Gasteiger partial charge in [-0.3, -0.25) is 9.59 Å². The average Bonchev–Trinajstić information content (AvgIpc) is 2.91. The van der Waals surface area contributed by atoms with Gasteiger partial charge in [0.15, 0.2) is 6.39 Å². The molecule has 7 nitrogen and oxygen atoms in total. The van der Waals surface area contributed by atoms with Crippen molar-refractivity contribution in [2.75, 3.05) is 18.4 Å². The van der Waals surface area contributed by atoms with Crippen LogP contribution in [0.4, 0.5) is 5.69 Å². The summed E-state index contributed by atoms with van der Waals surface area (Å²) in [6.45, 7) is 2.37. The fourth-order valence-electron chi connectivity index (χ4n) is 1.77. The lowest BCUT2D eigenvalue weighted by atomic mass is 10.1. The summed E-state index contributed by atoms with van der Waals surface area (Å²) in [7, 11) is 0. The maximum absolute atomic E-state index is 12.1. The number of aryl methyl sites for hydroxylation is 1. The van der Waals surface area contributed by atoms with Crippen LogP contribution in [0, 0.1) is 6.92 Å². The van der Waals surface area contributed by atoms with Gasteiger partial charge >= 0.3 is 0 Å². The van der Waals surface area contributed by atoms with Gasteiger partial charge < -0.3 is 20.8 Å². The van der Waals surface area contributed by atoms with Gasteiger partial charge in [-0.15, -0.1) is 0 Å². The largest absolute Gasteiger partial charge is 0.438 e. The molecular formula is C14H16N4O3. The van der Waals surface area contributed by atoms with Crippen LogP contribution >= 0.6 is 0 Å². The lowest BCUT2D eigenvalue weighted by Gasteiger charge is -2.10. The van der Waals surface area contributed by atoms with Crippen molar-refractivity contribution in [1.29, 1.82) is 0 Å². The third-order valence-corrected chi connectivity index (χ3v) is 2.80. The first-order valence-corrected chi connectivity index (χ1v) is 6.42. The molecule has 0 aliphatic heterocycles. The van der Waals surface area contributed by atoms with Gasteiger partial charge in [0.1, 0.15) is 0 Å². The normalized spacial score (nSPS) is 10.2. The van der Waals surface area contributed by atoms with E-state index in [1.54, 1.807) is 31.2 Å². The minimum absolute atomic E-state index is 0.118. The first kappa shape index (κ1) is 14.7. The van der Waals surface area contributed by atoms with Crippen LogP contribution in [0.3, 0.4) is 0 Å². The van der Waals surface area contributed by atoms with Crippen molar-refractivity contribution in [3.63, 3.8) is 0 Å². The Hall–Kier alpha value is -2.67. The van der Waals surface area contributed by atoms with E-state index < -0.39 is 5.91 Å². The second-order valence-corrected chi connectivity index (χ2v) is 4.31.